The van der Waals surface area contributed by atoms with Gasteiger partial charge in [0.15, 0.2) is 0 Å². The molecule has 4 nitrogen and oxygen atoms in total. The first-order valence-corrected chi connectivity index (χ1v) is 5.53. The molecule has 1 amide bonds. The van der Waals surface area contributed by atoms with E-state index in [-0.39, 0.29) is 12.5 Å². The Morgan fingerprint density at radius 3 is 3.12 bits per heavy atom. The maximum Gasteiger partial charge on any atom is 0.236 e. The minimum absolute atomic E-state index is 0.256. The van der Waals surface area contributed by atoms with Crippen molar-refractivity contribution < 1.29 is 4.79 Å². The van der Waals surface area contributed by atoms with Gasteiger partial charge in [-0.25, -0.2) is 0 Å². The number of benzene rings is 1. The van der Waals surface area contributed by atoms with E-state index in [1.807, 2.05) is 18.0 Å². The van der Waals surface area contributed by atoms with Crippen LogP contribution in [0.4, 0.5) is 11.4 Å². The summed E-state index contributed by atoms with van der Waals surface area (Å²) >= 11 is 0. The second-order valence-corrected chi connectivity index (χ2v) is 4.19. The molecule has 2 rings (SSSR count). The predicted molar refractivity (Wildman–Crippen MR) is 65.7 cm³/mol. The number of carbonyl (C=O) groups excluding carboxylic acids is 1. The minimum Gasteiger partial charge on any atom is -0.385 e. The summed E-state index contributed by atoms with van der Waals surface area (Å²) in [5, 5.41) is 3.36. The Bertz CT molecular complexity index is 403. The van der Waals surface area contributed by atoms with Crippen LogP contribution < -0.4 is 16.0 Å². The summed E-state index contributed by atoms with van der Waals surface area (Å²) in [5.74, 6) is -0.307. The van der Waals surface area contributed by atoms with Crippen molar-refractivity contribution in [1.82, 2.24) is 0 Å². The molecule has 0 aliphatic carbocycles. The maximum atomic E-state index is 10.8. The van der Waals surface area contributed by atoms with Gasteiger partial charge in [0.2, 0.25) is 5.91 Å². The van der Waals surface area contributed by atoms with Gasteiger partial charge in [-0.3, -0.25) is 4.79 Å². The fraction of sp³-hybridized carbons (Fsp3) is 0.417. The van der Waals surface area contributed by atoms with Crippen molar-refractivity contribution in [1.29, 1.82) is 0 Å². The van der Waals surface area contributed by atoms with Crippen LogP contribution in [0.15, 0.2) is 18.2 Å². The number of hydrogen-bond donors (Lipinski definition) is 2. The Hall–Kier alpha value is -1.71. The molecule has 1 aliphatic rings. The lowest BCUT2D eigenvalue weighted by Crippen LogP contribution is -2.30. The first kappa shape index (κ1) is 10.8. The number of aryl methyl sites for hydroxylation is 1. The maximum absolute atomic E-state index is 10.8. The quantitative estimate of drug-likeness (QED) is 0.796. The molecule has 0 radical (unpaired) electrons. The molecule has 0 aromatic heterocycles. The molecule has 86 valence electrons. The lowest BCUT2D eigenvalue weighted by molar-refractivity contribution is -0.116. The third kappa shape index (κ3) is 2.27. The SMILES string of the molecule is CN(CC(N)=O)c1ccc2c(c1)CCCN2. The molecule has 0 saturated carbocycles. The Kier molecular flexibility index (Phi) is 2.99. The van der Waals surface area contributed by atoms with Gasteiger partial charge >= 0.3 is 0 Å². The third-order valence-corrected chi connectivity index (χ3v) is 2.86. The van der Waals surface area contributed by atoms with Crippen molar-refractivity contribution in [2.24, 2.45) is 5.73 Å². The molecule has 0 bridgehead atoms. The number of anilines is 2. The summed E-state index contributed by atoms with van der Waals surface area (Å²) in [6.45, 7) is 1.30. The first-order chi connectivity index (χ1) is 7.66. The van der Waals surface area contributed by atoms with E-state index in [1.54, 1.807) is 0 Å². The fourth-order valence-corrected chi connectivity index (χ4v) is 2.02. The van der Waals surface area contributed by atoms with Gasteiger partial charge in [-0.05, 0) is 36.6 Å². The number of carbonyl (C=O) groups is 1. The fourth-order valence-electron chi connectivity index (χ4n) is 2.02. The number of nitrogens with zero attached hydrogens (tertiary/aromatic N) is 1. The summed E-state index contributed by atoms with van der Waals surface area (Å²) in [6.07, 6.45) is 2.26. The van der Waals surface area contributed by atoms with Gasteiger partial charge < -0.3 is 16.0 Å². The molecule has 1 aromatic carbocycles. The van der Waals surface area contributed by atoms with Gasteiger partial charge in [-0.15, -0.1) is 0 Å². The molecule has 1 aromatic rings. The average Bonchev–Trinajstić information content (AvgIpc) is 2.27. The number of primary amides is 1. The van der Waals surface area contributed by atoms with Crippen LogP contribution >= 0.6 is 0 Å². The highest BCUT2D eigenvalue weighted by Gasteiger charge is 2.11. The van der Waals surface area contributed by atoms with E-state index < -0.39 is 0 Å². The highest BCUT2D eigenvalue weighted by atomic mass is 16.1. The monoisotopic (exact) mass is 219 g/mol. The topological polar surface area (TPSA) is 58.4 Å². The third-order valence-electron chi connectivity index (χ3n) is 2.86. The predicted octanol–water partition coefficient (Wildman–Crippen LogP) is 0.966. The van der Waals surface area contributed by atoms with Crippen molar-refractivity contribution in [2.45, 2.75) is 12.8 Å². The number of rotatable bonds is 3. The lowest BCUT2D eigenvalue weighted by atomic mass is 10.0. The Labute approximate surface area is 95.4 Å². The highest BCUT2D eigenvalue weighted by molar-refractivity contribution is 5.79. The number of nitrogens with two attached hydrogens (primary N) is 1. The van der Waals surface area contributed by atoms with E-state index in [9.17, 15) is 4.79 Å². The molecular formula is C12H17N3O. The molecule has 0 atom stereocenters. The number of amides is 1. The normalized spacial score (nSPS) is 13.8. The Morgan fingerprint density at radius 1 is 1.56 bits per heavy atom. The van der Waals surface area contributed by atoms with E-state index in [4.69, 9.17) is 5.73 Å². The molecule has 0 saturated heterocycles. The summed E-state index contributed by atoms with van der Waals surface area (Å²) in [5.41, 5.74) is 8.75. The van der Waals surface area contributed by atoms with Gasteiger partial charge in [-0.1, -0.05) is 0 Å². The molecule has 1 aliphatic heterocycles. The van der Waals surface area contributed by atoms with E-state index in [2.05, 4.69) is 17.4 Å². The summed E-state index contributed by atoms with van der Waals surface area (Å²) in [7, 11) is 1.88. The second-order valence-electron chi connectivity index (χ2n) is 4.19. The van der Waals surface area contributed by atoms with E-state index >= 15 is 0 Å². The lowest BCUT2D eigenvalue weighted by Gasteiger charge is -2.22. The van der Waals surface area contributed by atoms with Crippen LogP contribution in [0.3, 0.4) is 0 Å². The van der Waals surface area contributed by atoms with Crippen molar-refractivity contribution in [3.63, 3.8) is 0 Å². The number of hydrogen-bond acceptors (Lipinski definition) is 3. The molecule has 0 fully saturated rings. The van der Waals surface area contributed by atoms with E-state index in [0.29, 0.717) is 0 Å². The number of fused-ring (bicyclic) bond motifs is 1. The van der Waals surface area contributed by atoms with Gasteiger partial charge in [0.25, 0.3) is 0 Å². The van der Waals surface area contributed by atoms with Gasteiger partial charge in [-0.2, -0.15) is 0 Å². The first-order valence-electron chi connectivity index (χ1n) is 5.53. The molecular weight excluding hydrogens is 202 g/mol. The van der Waals surface area contributed by atoms with Crippen molar-refractivity contribution >= 4 is 17.3 Å². The molecule has 1 heterocycles. The van der Waals surface area contributed by atoms with Crippen LogP contribution in [-0.4, -0.2) is 26.0 Å². The van der Waals surface area contributed by atoms with Crippen molar-refractivity contribution in [2.75, 3.05) is 30.4 Å². The molecule has 16 heavy (non-hydrogen) atoms. The molecule has 3 N–H and O–H groups in total. The zero-order valence-electron chi connectivity index (χ0n) is 9.49. The van der Waals surface area contributed by atoms with Gasteiger partial charge in [0.1, 0.15) is 0 Å². The average molecular weight is 219 g/mol. The van der Waals surface area contributed by atoms with Crippen molar-refractivity contribution in [3.8, 4) is 0 Å². The molecule has 4 heteroatoms. The van der Waals surface area contributed by atoms with Crippen molar-refractivity contribution in [3.05, 3.63) is 23.8 Å². The smallest absolute Gasteiger partial charge is 0.236 e. The largest absolute Gasteiger partial charge is 0.385 e. The summed E-state index contributed by atoms with van der Waals surface area (Å²) in [6, 6.07) is 6.21. The van der Waals surface area contributed by atoms with Crippen LogP contribution in [0.25, 0.3) is 0 Å². The standard InChI is InChI=1S/C12H17N3O/c1-15(8-12(13)16)10-4-5-11-9(7-10)3-2-6-14-11/h4-5,7,14H,2-3,6,8H2,1H3,(H2,13,16). The van der Waals surface area contributed by atoms with E-state index in [0.717, 1.165) is 25.1 Å². The summed E-state index contributed by atoms with van der Waals surface area (Å²) < 4.78 is 0. The highest BCUT2D eigenvalue weighted by Crippen LogP contribution is 2.26. The van der Waals surface area contributed by atoms with Crippen LogP contribution in [0.2, 0.25) is 0 Å². The van der Waals surface area contributed by atoms with Gasteiger partial charge in [0, 0.05) is 25.0 Å². The second kappa shape index (κ2) is 4.43. The van der Waals surface area contributed by atoms with Crippen LogP contribution in [0.5, 0.6) is 0 Å². The van der Waals surface area contributed by atoms with Gasteiger partial charge in [0.05, 0.1) is 6.54 Å². The Morgan fingerprint density at radius 2 is 2.38 bits per heavy atom. The number of likely N-dealkylation sites (N-methyl/N-ethyl adjacent to an activating group) is 1. The zero-order chi connectivity index (χ0) is 11.5. The minimum atomic E-state index is -0.307. The molecule has 0 unspecified atom stereocenters. The summed E-state index contributed by atoms with van der Waals surface area (Å²) in [4.78, 5) is 12.7. The van der Waals surface area contributed by atoms with Crippen LogP contribution in [-0.2, 0) is 11.2 Å². The molecule has 0 spiro atoms. The van der Waals surface area contributed by atoms with Crippen LogP contribution in [0, 0.1) is 0 Å². The number of nitrogens with one attached hydrogen (secondary N) is 1. The Balaban J connectivity index is 2.19. The van der Waals surface area contributed by atoms with E-state index in [1.165, 1.54) is 11.3 Å². The zero-order valence-corrected chi connectivity index (χ0v) is 9.49. The van der Waals surface area contributed by atoms with Crippen LogP contribution in [0.1, 0.15) is 12.0 Å².